The maximum absolute atomic E-state index is 12.3. The van der Waals surface area contributed by atoms with Crippen molar-refractivity contribution >= 4 is 32.9 Å². The van der Waals surface area contributed by atoms with E-state index in [1.165, 1.54) is 6.26 Å². The quantitative estimate of drug-likeness (QED) is 0.511. The number of sulfone groups is 1. The van der Waals surface area contributed by atoms with Crippen LogP contribution < -0.4 is 5.32 Å². The minimum Gasteiger partial charge on any atom is -0.323 e. The van der Waals surface area contributed by atoms with Gasteiger partial charge in [0.25, 0.3) is 0 Å². The summed E-state index contributed by atoms with van der Waals surface area (Å²) in [6.45, 7) is 3.91. The van der Waals surface area contributed by atoms with Gasteiger partial charge in [0.1, 0.15) is 11.5 Å². The molecule has 0 saturated carbocycles. The van der Waals surface area contributed by atoms with Gasteiger partial charge in [-0.2, -0.15) is 4.98 Å². The number of nitrogens with zero attached hydrogens (tertiary/aromatic N) is 4. The van der Waals surface area contributed by atoms with Gasteiger partial charge in [-0.25, -0.2) is 12.9 Å². The third kappa shape index (κ3) is 3.34. The molecule has 0 radical (unpaired) electrons. The molecule has 1 N–H and O–H groups in total. The summed E-state index contributed by atoms with van der Waals surface area (Å²) >= 11 is 0. The fourth-order valence-corrected chi connectivity index (χ4v) is 4.67. The van der Waals surface area contributed by atoms with Crippen LogP contribution in [0.1, 0.15) is 25.0 Å². The molecule has 0 atom stereocenters. The van der Waals surface area contributed by atoms with Crippen LogP contribution in [0.5, 0.6) is 0 Å². The highest BCUT2D eigenvalue weighted by molar-refractivity contribution is 7.90. The van der Waals surface area contributed by atoms with E-state index < -0.39 is 15.3 Å². The number of ketones is 1. The first-order valence-electron chi connectivity index (χ1n) is 10.1. The summed E-state index contributed by atoms with van der Waals surface area (Å²) in [4.78, 5) is 21.6. The van der Waals surface area contributed by atoms with E-state index in [1.54, 1.807) is 41.2 Å². The molecule has 0 fully saturated rings. The predicted molar refractivity (Wildman–Crippen MR) is 121 cm³/mol. The molecule has 1 aliphatic rings. The molecule has 0 unspecified atom stereocenters. The average Bonchev–Trinajstić information content (AvgIpc) is 3.24. The molecule has 32 heavy (non-hydrogen) atoms. The van der Waals surface area contributed by atoms with Crippen LogP contribution in [0.15, 0.2) is 59.8 Å². The van der Waals surface area contributed by atoms with Gasteiger partial charge < -0.3 is 5.32 Å². The number of anilines is 2. The van der Waals surface area contributed by atoms with Crippen molar-refractivity contribution in [3.05, 3.63) is 66.0 Å². The fourth-order valence-electron chi connectivity index (χ4n) is 4.03. The fraction of sp³-hybridized carbons (Fsp3) is 0.217. The molecular formula is C23H21N5O3S. The van der Waals surface area contributed by atoms with E-state index in [2.05, 4.69) is 20.4 Å². The molecule has 2 aromatic heterocycles. The van der Waals surface area contributed by atoms with Crippen molar-refractivity contribution in [2.75, 3.05) is 11.6 Å². The Morgan fingerprint density at radius 3 is 2.56 bits per heavy atom. The van der Waals surface area contributed by atoms with Crippen molar-refractivity contribution in [2.45, 2.75) is 30.6 Å². The first-order valence-corrected chi connectivity index (χ1v) is 12.0. The Morgan fingerprint density at radius 2 is 1.84 bits per heavy atom. The molecular weight excluding hydrogens is 426 g/mol. The van der Waals surface area contributed by atoms with E-state index in [-0.39, 0.29) is 10.7 Å². The molecule has 2 heterocycles. The number of fused-ring (bicyclic) bond motifs is 2. The third-order valence-electron chi connectivity index (χ3n) is 5.89. The molecule has 9 heteroatoms. The topological polar surface area (TPSA) is 106 Å². The maximum Gasteiger partial charge on any atom is 0.247 e. The van der Waals surface area contributed by atoms with Crippen LogP contribution in [0.25, 0.3) is 16.9 Å². The van der Waals surface area contributed by atoms with Crippen LogP contribution >= 0.6 is 0 Å². The summed E-state index contributed by atoms with van der Waals surface area (Å²) in [7, 11) is -3.27. The Morgan fingerprint density at radius 1 is 1.09 bits per heavy atom. The smallest absolute Gasteiger partial charge is 0.247 e. The van der Waals surface area contributed by atoms with Crippen molar-refractivity contribution in [1.82, 2.24) is 19.6 Å². The second-order valence-corrected chi connectivity index (χ2v) is 10.5. The lowest BCUT2D eigenvalue weighted by Crippen LogP contribution is -2.23. The summed E-state index contributed by atoms with van der Waals surface area (Å²) in [5.74, 6) is 0.614. The summed E-state index contributed by atoms with van der Waals surface area (Å²) in [5, 5.41) is 7.69. The molecule has 1 aliphatic carbocycles. The summed E-state index contributed by atoms with van der Waals surface area (Å²) < 4.78 is 25.1. The van der Waals surface area contributed by atoms with Crippen molar-refractivity contribution in [3.8, 4) is 11.3 Å². The number of aromatic nitrogens is 4. The van der Waals surface area contributed by atoms with Crippen LogP contribution in [0.3, 0.4) is 0 Å². The number of Topliss-reactive ketones (excluding diaryl/α,β-unsaturated/α-hetero) is 1. The molecule has 0 saturated heterocycles. The van der Waals surface area contributed by atoms with Crippen molar-refractivity contribution in [2.24, 2.45) is 0 Å². The molecule has 4 aromatic rings. The monoisotopic (exact) mass is 447 g/mol. The van der Waals surface area contributed by atoms with Crippen molar-refractivity contribution in [1.29, 1.82) is 0 Å². The number of benzene rings is 2. The first kappa shape index (κ1) is 20.3. The zero-order chi connectivity index (χ0) is 22.7. The molecule has 0 amide bonds. The van der Waals surface area contributed by atoms with E-state index >= 15 is 0 Å². The van der Waals surface area contributed by atoms with Gasteiger partial charge >= 0.3 is 0 Å². The van der Waals surface area contributed by atoms with Gasteiger partial charge in [0.15, 0.2) is 15.5 Å². The molecule has 162 valence electrons. The predicted octanol–water partition coefficient (Wildman–Crippen LogP) is 3.34. The number of rotatable bonds is 4. The van der Waals surface area contributed by atoms with Crippen molar-refractivity contribution in [3.63, 3.8) is 0 Å². The maximum atomic E-state index is 12.3. The second-order valence-electron chi connectivity index (χ2n) is 8.50. The number of hydrogen-bond acceptors (Lipinski definition) is 7. The number of carbonyl (C=O) groups excluding carboxylic acids is 1. The normalized spacial score (nSPS) is 15.2. The van der Waals surface area contributed by atoms with Gasteiger partial charge in [0.2, 0.25) is 5.95 Å². The highest BCUT2D eigenvalue weighted by atomic mass is 32.2. The van der Waals surface area contributed by atoms with Gasteiger partial charge in [-0.1, -0.05) is 18.2 Å². The van der Waals surface area contributed by atoms with Crippen LogP contribution in [-0.4, -0.2) is 40.0 Å². The molecule has 0 spiro atoms. The van der Waals surface area contributed by atoms with E-state index in [1.807, 2.05) is 32.0 Å². The number of carbonyl (C=O) groups is 1. The largest absolute Gasteiger partial charge is 0.323 e. The van der Waals surface area contributed by atoms with Gasteiger partial charge in [-0.15, -0.1) is 5.10 Å². The van der Waals surface area contributed by atoms with Crippen LogP contribution in [0, 0.1) is 0 Å². The van der Waals surface area contributed by atoms with Gasteiger partial charge in [0, 0.05) is 41.7 Å². The van der Waals surface area contributed by atoms with Crippen LogP contribution in [0.4, 0.5) is 11.6 Å². The molecule has 8 nitrogen and oxygen atoms in total. The average molecular weight is 448 g/mol. The zero-order valence-corrected chi connectivity index (χ0v) is 18.6. The standard InChI is InChI=1S/C23H21N5O3S/c1-23(2)18-9-6-16(12-15(18)13-19(23)29)25-22-26-21-20(24-10-11-28(21)27-22)14-4-7-17(8-5-14)32(3,30)31/h4-12H,13H2,1-3H3,(H,25,27). The highest BCUT2D eigenvalue weighted by Crippen LogP contribution is 2.37. The molecule has 5 rings (SSSR count). The Hall–Kier alpha value is -3.59. The summed E-state index contributed by atoms with van der Waals surface area (Å²) in [5.41, 5.74) is 4.29. The Balaban J connectivity index is 1.48. The van der Waals surface area contributed by atoms with Crippen LogP contribution in [0.2, 0.25) is 0 Å². The van der Waals surface area contributed by atoms with E-state index in [0.717, 1.165) is 22.4 Å². The Labute approximate surface area is 185 Å². The van der Waals surface area contributed by atoms with Gasteiger partial charge in [-0.3, -0.25) is 9.78 Å². The minimum atomic E-state index is -3.27. The number of nitrogens with one attached hydrogen (secondary N) is 1. The zero-order valence-electron chi connectivity index (χ0n) is 17.8. The molecule has 0 aliphatic heterocycles. The highest BCUT2D eigenvalue weighted by Gasteiger charge is 2.37. The van der Waals surface area contributed by atoms with Crippen molar-refractivity contribution < 1.29 is 13.2 Å². The Kier molecular flexibility index (Phi) is 4.42. The SMILES string of the molecule is CC1(C)C(=O)Cc2cc(Nc3nc4c(-c5ccc(S(C)(=O)=O)cc5)nccn4n3)ccc21. The number of hydrogen-bond donors (Lipinski definition) is 1. The lowest BCUT2D eigenvalue weighted by Gasteiger charge is -2.17. The van der Waals surface area contributed by atoms with E-state index in [9.17, 15) is 13.2 Å². The lowest BCUT2D eigenvalue weighted by molar-refractivity contribution is -0.121. The summed E-state index contributed by atoms with van der Waals surface area (Å²) in [6, 6.07) is 12.4. The summed E-state index contributed by atoms with van der Waals surface area (Å²) in [6.07, 6.45) is 4.92. The third-order valence-corrected chi connectivity index (χ3v) is 7.02. The van der Waals surface area contributed by atoms with Crippen LogP contribution in [-0.2, 0) is 26.5 Å². The molecule has 0 bridgehead atoms. The van der Waals surface area contributed by atoms with E-state index in [4.69, 9.17) is 0 Å². The second kappa shape index (κ2) is 6.96. The van der Waals surface area contributed by atoms with E-state index in [0.29, 0.717) is 23.7 Å². The minimum absolute atomic E-state index is 0.216. The Bertz CT molecular complexity index is 1490. The lowest BCUT2D eigenvalue weighted by atomic mass is 9.86. The van der Waals surface area contributed by atoms with Gasteiger partial charge in [0.05, 0.1) is 4.90 Å². The molecule has 2 aromatic carbocycles. The first-order chi connectivity index (χ1) is 15.1. The van der Waals surface area contributed by atoms with Gasteiger partial charge in [-0.05, 0) is 49.2 Å².